The molecule has 0 radical (unpaired) electrons. The van der Waals surface area contributed by atoms with Crippen LogP contribution in [0.2, 0.25) is 10.0 Å². The second kappa shape index (κ2) is 5.26. The number of carbonyl (C=O) groups excluding carboxylic acids is 2. The van der Waals surface area contributed by atoms with Crippen LogP contribution in [0.25, 0.3) is 0 Å². The van der Waals surface area contributed by atoms with Gasteiger partial charge in [0, 0.05) is 6.04 Å². The lowest BCUT2D eigenvalue weighted by Crippen LogP contribution is -2.29. The highest BCUT2D eigenvalue weighted by Gasteiger charge is 2.48. The first-order valence-electron chi connectivity index (χ1n) is 6.61. The summed E-state index contributed by atoms with van der Waals surface area (Å²) in [5.41, 5.74) is 0.484. The molecule has 2 amide bonds. The number of carbonyl (C=O) groups is 2. The lowest BCUT2D eigenvalue weighted by atomic mass is 10.2. The van der Waals surface area contributed by atoms with Crippen LogP contribution in [-0.2, 0) is 9.59 Å². The number of rotatable bonds is 4. The van der Waals surface area contributed by atoms with Crippen molar-refractivity contribution >= 4 is 40.7 Å². The molecule has 3 rings (SSSR count). The van der Waals surface area contributed by atoms with Crippen molar-refractivity contribution in [2.75, 3.05) is 5.32 Å². The number of amides is 2. The summed E-state index contributed by atoms with van der Waals surface area (Å²) in [5.74, 6) is -0.646. The van der Waals surface area contributed by atoms with Crippen molar-refractivity contribution in [2.45, 2.75) is 25.3 Å². The number of hydrogen-bond acceptors (Lipinski definition) is 2. The summed E-state index contributed by atoms with van der Waals surface area (Å²) in [6, 6.07) is 5.39. The van der Waals surface area contributed by atoms with E-state index in [1.807, 2.05) is 0 Å². The molecule has 0 heterocycles. The maximum atomic E-state index is 12.1. The summed E-state index contributed by atoms with van der Waals surface area (Å²) in [4.78, 5) is 23.9. The Morgan fingerprint density at radius 1 is 1.10 bits per heavy atom. The molecule has 0 bridgehead atoms. The zero-order chi connectivity index (χ0) is 14.3. The van der Waals surface area contributed by atoms with Gasteiger partial charge in [-0.3, -0.25) is 9.59 Å². The van der Waals surface area contributed by atoms with Gasteiger partial charge in [-0.05, 0) is 31.4 Å². The monoisotopic (exact) mass is 312 g/mol. The third kappa shape index (κ3) is 2.91. The maximum Gasteiger partial charge on any atom is 0.228 e. The van der Waals surface area contributed by atoms with E-state index in [0.717, 1.165) is 12.8 Å². The van der Waals surface area contributed by atoms with Gasteiger partial charge in [-0.15, -0.1) is 0 Å². The van der Waals surface area contributed by atoms with E-state index in [4.69, 9.17) is 23.2 Å². The first-order valence-corrected chi connectivity index (χ1v) is 7.37. The molecule has 0 aromatic heterocycles. The zero-order valence-corrected chi connectivity index (χ0v) is 12.2. The van der Waals surface area contributed by atoms with Crippen molar-refractivity contribution in [3.63, 3.8) is 0 Å². The molecule has 0 saturated heterocycles. The molecule has 1 aromatic rings. The fraction of sp³-hybridized carbons (Fsp3) is 0.429. The summed E-state index contributed by atoms with van der Waals surface area (Å²) < 4.78 is 0. The van der Waals surface area contributed by atoms with Crippen LogP contribution >= 0.6 is 23.2 Å². The van der Waals surface area contributed by atoms with Crippen molar-refractivity contribution in [1.82, 2.24) is 5.32 Å². The summed E-state index contributed by atoms with van der Waals surface area (Å²) in [6.45, 7) is 0. The molecule has 1 aromatic carbocycles. The maximum absolute atomic E-state index is 12.1. The molecule has 2 unspecified atom stereocenters. The molecular formula is C14H14Cl2N2O2. The minimum Gasteiger partial charge on any atom is -0.353 e. The van der Waals surface area contributed by atoms with Gasteiger partial charge in [0.25, 0.3) is 0 Å². The average molecular weight is 313 g/mol. The predicted octanol–water partition coefficient (Wildman–Crippen LogP) is 2.85. The Hall–Kier alpha value is -1.26. The van der Waals surface area contributed by atoms with Gasteiger partial charge < -0.3 is 10.6 Å². The molecule has 2 aliphatic carbocycles. The van der Waals surface area contributed by atoms with Crippen LogP contribution in [0.3, 0.4) is 0 Å². The van der Waals surface area contributed by atoms with Gasteiger partial charge in [0.1, 0.15) is 0 Å². The highest BCUT2D eigenvalue weighted by Crippen LogP contribution is 2.41. The van der Waals surface area contributed by atoms with Crippen molar-refractivity contribution in [2.24, 2.45) is 11.8 Å². The van der Waals surface area contributed by atoms with Gasteiger partial charge in [-0.1, -0.05) is 29.3 Å². The van der Waals surface area contributed by atoms with E-state index in [0.29, 0.717) is 28.2 Å². The van der Waals surface area contributed by atoms with E-state index in [1.54, 1.807) is 18.2 Å². The standard InChI is InChI=1S/C14H14Cl2N2O2/c15-10-2-1-3-11(12(10)16)18-14(20)9-6-8(9)13(19)17-7-4-5-7/h1-3,7-9H,4-6H2,(H,17,19)(H,18,20). The summed E-state index contributed by atoms with van der Waals surface area (Å²) in [5, 5.41) is 6.36. The highest BCUT2D eigenvalue weighted by atomic mass is 35.5. The van der Waals surface area contributed by atoms with Crippen molar-refractivity contribution < 1.29 is 9.59 Å². The lowest BCUT2D eigenvalue weighted by molar-refractivity contribution is -0.125. The van der Waals surface area contributed by atoms with E-state index in [2.05, 4.69) is 10.6 Å². The van der Waals surface area contributed by atoms with E-state index in [-0.39, 0.29) is 23.7 Å². The van der Waals surface area contributed by atoms with E-state index in [1.165, 1.54) is 0 Å². The molecule has 2 saturated carbocycles. The lowest BCUT2D eigenvalue weighted by Gasteiger charge is -2.08. The van der Waals surface area contributed by atoms with Crippen molar-refractivity contribution in [3.05, 3.63) is 28.2 Å². The Bertz CT molecular complexity index is 572. The minimum absolute atomic E-state index is 0.00941. The fourth-order valence-corrected chi connectivity index (χ4v) is 2.48. The normalized spacial score (nSPS) is 24.1. The van der Waals surface area contributed by atoms with Crippen molar-refractivity contribution in [1.29, 1.82) is 0 Å². The number of nitrogens with one attached hydrogen (secondary N) is 2. The molecule has 2 fully saturated rings. The molecule has 106 valence electrons. The van der Waals surface area contributed by atoms with Crippen LogP contribution in [0.5, 0.6) is 0 Å². The van der Waals surface area contributed by atoms with Crippen LogP contribution in [0, 0.1) is 11.8 Å². The molecule has 2 aliphatic rings. The first-order chi connectivity index (χ1) is 9.56. The fourth-order valence-electron chi connectivity index (χ4n) is 2.14. The van der Waals surface area contributed by atoms with Crippen LogP contribution in [0.1, 0.15) is 19.3 Å². The number of benzene rings is 1. The molecule has 2 atom stereocenters. The van der Waals surface area contributed by atoms with Gasteiger partial charge >= 0.3 is 0 Å². The van der Waals surface area contributed by atoms with Crippen LogP contribution < -0.4 is 10.6 Å². The van der Waals surface area contributed by atoms with Crippen LogP contribution in [0.4, 0.5) is 5.69 Å². The predicted molar refractivity (Wildman–Crippen MR) is 77.9 cm³/mol. The second-order valence-corrected chi connectivity index (χ2v) is 6.11. The molecule has 20 heavy (non-hydrogen) atoms. The summed E-state index contributed by atoms with van der Waals surface area (Å²) >= 11 is 11.9. The van der Waals surface area contributed by atoms with E-state index in [9.17, 15) is 9.59 Å². The van der Waals surface area contributed by atoms with Gasteiger partial charge in [-0.2, -0.15) is 0 Å². The smallest absolute Gasteiger partial charge is 0.228 e. The van der Waals surface area contributed by atoms with Gasteiger partial charge in [0.2, 0.25) is 11.8 Å². The van der Waals surface area contributed by atoms with Gasteiger partial charge in [-0.25, -0.2) is 0 Å². The van der Waals surface area contributed by atoms with E-state index >= 15 is 0 Å². The molecule has 6 heteroatoms. The Balaban J connectivity index is 1.57. The SMILES string of the molecule is O=C(Nc1cccc(Cl)c1Cl)C1CC1C(=O)NC1CC1. The molecule has 4 nitrogen and oxygen atoms in total. The van der Waals surface area contributed by atoms with Crippen LogP contribution in [0.15, 0.2) is 18.2 Å². The molecule has 2 N–H and O–H groups in total. The first kappa shape index (κ1) is 13.7. The second-order valence-electron chi connectivity index (χ2n) is 5.32. The summed E-state index contributed by atoms with van der Waals surface area (Å²) in [7, 11) is 0. The Kier molecular flexibility index (Phi) is 3.61. The molecular weight excluding hydrogens is 299 g/mol. The topological polar surface area (TPSA) is 58.2 Å². The van der Waals surface area contributed by atoms with E-state index < -0.39 is 0 Å². The number of hydrogen-bond donors (Lipinski definition) is 2. The van der Waals surface area contributed by atoms with Gasteiger partial charge in [0.15, 0.2) is 0 Å². The number of anilines is 1. The quantitative estimate of drug-likeness (QED) is 0.898. The zero-order valence-electron chi connectivity index (χ0n) is 10.7. The minimum atomic E-state index is -0.260. The van der Waals surface area contributed by atoms with Gasteiger partial charge in [0.05, 0.1) is 27.6 Å². The molecule has 0 spiro atoms. The number of halogens is 2. The third-order valence-electron chi connectivity index (χ3n) is 3.60. The Labute approximate surface area is 126 Å². The Morgan fingerprint density at radius 3 is 2.50 bits per heavy atom. The highest BCUT2D eigenvalue weighted by molar-refractivity contribution is 6.44. The summed E-state index contributed by atoms with van der Waals surface area (Å²) in [6.07, 6.45) is 2.70. The Morgan fingerprint density at radius 2 is 1.80 bits per heavy atom. The molecule has 0 aliphatic heterocycles. The van der Waals surface area contributed by atoms with Crippen LogP contribution in [-0.4, -0.2) is 17.9 Å². The average Bonchev–Trinajstić information content (AvgIpc) is 3.26. The van der Waals surface area contributed by atoms with Crippen molar-refractivity contribution in [3.8, 4) is 0 Å². The third-order valence-corrected chi connectivity index (χ3v) is 4.42. The largest absolute Gasteiger partial charge is 0.353 e.